The van der Waals surface area contributed by atoms with Crippen molar-refractivity contribution in [3.8, 4) is 0 Å². The molecule has 0 spiro atoms. The number of benzene rings is 1. The average molecular weight is 302 g/mol. The van der Waals surface area contributed by atoms with Crippen molar-refractivity contribution in [2.75, 3.05) is 13.7 Å². The Morgan fingerprint density at radius 3 is 2.64 bits per heavy atom. The van der Waals surface area contributed by atoms with Crippen LogP contribution in [0.1, 0.15) is 18.4 Å². The zero-order chi connectivity index (χ0) is 15.7. The molecule has 1 aromatic rings. The number of Topliss-reactive ketones (excluding diaryl/α,β-unsaturated/α-hetero) is 1. The Morgan fingerprint density at radius 2 is 1.95 bits per heavy atom. The first kappa shape index (κ1) is 14.6. The van der Waals surface area contributed by atoms with E-state index in [2.05, 4.69) is 0 Å². The summed E-state index contributed by atoms with van der Waals surface area (Å²) in [6.07, 6.45) is -0.171. The van der Waals surface area contributed by atoms with E-state index in [9.17, 15) is 14.4 Å². The van der Waals surface area contributed by atoms with Gasteiger partial charge in [0.05, 0.1) is 13.2 Å². The predicted molar refractivity (Wildman–Crippen MR) is 77.9 cm³/mol. The highest BCUT2D eigenvalue weighted by molar-refractivity contribution is 5.95. The number of ketones is 1. The molecule has 3 rings (SSSR count). The number of carbonyl (C=O) groups is 3. The van der Waals surface area contributed by atoms with E-state index in [1.165, 1.54) is 12.0 Å². The van der Waals surface area contributed by atoms with E-state index >= 15 is 0 Å². The molecule has 0 radical (unpaired) electrons. The van der Waals surface area contributed by atoms with Crippen molar-refractivity contribution < 1.29 is 19.1 Å². The molecule has 1 aromatic carbocycles. The van der Waals surface area contributed by atoms with E-state index in [0.29, 0.717) is 13.1 Å². The van der Waals surface area contributed by atoms with E-state index in [1.807, 2.05) is 30.3 Å². The van der Waals surface area contributed by atoms with Gasteiger partial charge in [0.2, 0.25) is 5.91 Å². The zero-order valence-electron chi connectivity index (χ0n) is 12.4. The molecule has 0 saturated carbocycles. The zero-order valence-corrected chi connectivity index (χ0v) is 12.4. The van der Waals surface area contributed by atoms with Crippen LogP contribution >= 0.6 is 0 Å². The lowest BCUT2D eigenvalue weighted by atomic mass is 9.90. The minimum absolute atomic E-state index is 0.0304. The lowest BCUT2D eigenvalue weighted by Gasteiger charge is -2.47. The summed E-state index contributed by atoms with van der Waals surface area (Å²) in [5.41, 5.74) is 1.03. The Kier molecular flexibility index (Phi) is 3.83. The van der Waals surface area contributed by atoms with Gasteiger partial charge < -0.3 is 9.64 Å². The standard InChI is InChI=1S/C16H18N2O4/c1-22-16(21)18-12-7-13(19)8-14(18)15(20)17(10-12)9-11-5-3-2-4-6-11/h2-6,12,14H,7-10H2,1H3/t12-,14+/m0/s1. The normalized spacial score (nSPS) is 24.4. The van der Waals surface area contributed by atoms with Crippen molar-refractivity contribution in [2.24, 2.45) is 0 Å². The second-order valence-electron chi connectivity index (χ2n) is 5.70. The Labute approximate surface area is 128 Å². The van der Waals surface area contributed by atoms with E-state index in [4.69, 9.17) is 4.74 Å². The molecule has 2 bridgehead atoms. The van der Waals surface area contributed by atoms with Crippen LogP contribution in [0, 0.1) is 0 Å². The molecule has 2 saturated heterocycles. The number of amides is 2. The van der Waals surface area contributed by atoms with Gasteiger partial charge in [-0.05, 0) is 5.56 Å². The fourth-order valence-electron chi connectivity index (χ4n) is 3.25. The average Bonchev–Trinajstić information content (AvgIpc) is 2.52. The summed E-state index contributed by atoms with van der Waals surface area (Å²) in [5, 5.41) is 0. The lowest BCUT2D eigenvalue weighted by molar-refractivity contribution is -0.151. The Balaban J connectivity index is 1.82. The second-order valence-corrected chi connectivity index (χ2v) is 5.70. The van der Waals surface area contributed by atoms with Crippen LogP contribution in [0.2, 0.25) is 0 Å². The van der Waals surface area contributed by atoms with Crippen LogP contribution in [0.5, 0.6) is 0 Å². The molecule has 6 heteroatoms. The minimum Gasteiger partial charge on any atom is -0.453 e. The molecule has 0 N–H and O–H groups in total. The van der Waals surface area contributed by atoms with Gasteiger partial charge in [0.25, 0.3) is 0 Å². The molecule has 22 heavy (non-hydrogen) atoms. The summed E-state index contributed by atoms with van der Waals surface area (Å²) in [4.78, 5) is 39.5. The van der Waals surface area contributed by atoms with Gasteiger partial charge in [0, 0.05) is 25.9 Å². The van der Waals surface area contributed by atoms with Gasteiger partial charge in [-0.15, -0.1) is 0 Å². The molecule has 2 heterocycles. The summed E-state index contributed by atoms with van der Waals surface area (Å²) in [7, 11) is 1.29. The molecule has 6 nitrogen and oxygen atoms in total. The molecular formula is C16H18N2O4. The number of nitrogens with zero attached hydrogens (tertiary/aromatic N) is 2. The number of hydrogen-bond acceptors (Lipinski definition) is 4. The van der Waals surface area contributed by atoms with Gasteiger partial charge in [0.15, 0.2) is 0 Å². The van der Waals surface area contributed by atoms with E-state index in [1.54, 1.807) is 4.90 Å². The van der Waals surface area contributed by atoms with E-state index in [0.717, 1.165) is 5.56 Å². The topological polar surface area (TPSA) is 66.9 Å². The van der Waals surface area contributed by atoms with Crippen LogP contribution in [0.25, 0.3) is 0 Å². The maximum Gasteiger partial charge on any atom is 0.410 e. The maximum atomic E-state index is 12.6. The number of hydrogen-bond donors (Lipinski definition) is 0. The highest BCUT2D eigenvalue weighted by Crippen LogP contribution is 2.29. The summed E-state index contributed by atoms with van der Waals surface area (Å²) in [6.45, 7) is 0.862. The molecule has 2 aliphatic heterocycles. The predicted octanol–water partition coefficient (Wildman–Crippen LogP) is 1.20. The van der Waals surface area contributed by atoms with Crippen molar-refractivity contribution in [3.05, 3.63) is 35.9 Å². The highest BCUT2D eigenvalue weighted by Gasteiger charge is 2.48. The molecule has 0 unspecified atom stereocenters. The molecular weight excluding hydrogens is 284 g/mol. The van der Waals surface area contributed by atoms with Crippen molar-refractivity contribution in [1.82, 2.24) is 9.80 Å². The summed E-state index contributed by atoms with van der Waals surface area (Å²) in [6, 6.07) is 8.68. The van der Waals surface area contributed by atoms with Crippen molar-refractivity contribution in [2.45, 2.75) is 31.5 Å². The van der Waals surface area contributed by atoms with E-state index < -0.39 is 12.1 Å². The SMILES string of the molecule is COC(=O)N1[C@H]2CC(=O)C[C@@H]1C(=O)N(Cc1ccccc1)C2. The summed E-state index contributed by atoms with van der Waals surface area (Å²) in [5.74, 6) is -0.151. The van der Waals surface area contributed by atoms with Gasteiger partial charge >= 0.3 is 6.09 Å². The maximum absolute atomic E-state index is 12.6. The fourth-order valence-corrected chi connectivity index (χ4v) is 3.25. The quantitative estimate of drug-likeness (QED) is 0.823. The number of piperazine rings is 1. The van der Waals surface area contributed by atoms with Gasteiger partial charge in [0.1, 0.15) is 11.8 Å². The first-order valence-electron chi connectivity index (χ1n) is 7.31. The van der Waals surface area contributed by atoms with Crippen LogP contribution in [0.4, 0.5) is 4.79 Å². The first-order chi connectivity index (χ1) is 10.6. The molecule has 0 aromatic heterocycles. The second kappa shape index (κ2) is 5.79. The third-order valence-electron chi connectivity index (χ3n) is 4.24. The third kappa shape index (κ3) is 2.56. The number of fused-ring (bicyclic) bond motifs is 2. The van der Waals surface area contributed by atoms with Gasteiger partial charge in [-0.1, -0.05) is 30.3 Å². The number of methoxy groups -OCH3 is 1. The monoisotopic (exact) mass is 302 g/mol. The lowest BCUT2D eigenvalue weighted by Crippen LogP contribution is -2.66. The molecule has 116 valence electrons. The molecule has 0 aliphatic carbocycles. The summed E-state index contributed by atoms with van der Waals surface area (Å²) < 4.78 is 4.77. The smallest absolute Gasteiger partial charge is 0.410 e. The van der Waals surface area contributed by atoms with Crippen LogP contribution < -0.4 is 0 Å². The highest BCUT2D eigenvalue weighted by atomic mass is 16.5. The van der Waals surface area contributed by atoms with Gasteiger partial charge in [-0.2, -0.15) is 0 Å². The van der Waals surface area contributed by atoms with Crippen LogP contribution in [0.3, 0.4) is 0 Å². The van der Waals surface area contributed by atoms with Crippen molar-refractivity contribution in [1.29, 1.82) is 0 Å². The Morgan fingerprint density at radius 1 is 1.23 bits per heavy atom. The number of piperidine rings is 1. The van der Waals surface area contributed by atoms with Crippen molar-refractivity contribution >= 4 is 17.8 Å². The molecule has 2 amide bonds. The molecule has 2 atom stereocenters. The van der Waals surface area contributed by atoms with Gasteiger partial charge in [-0.25, -0.2) is 4.79 Å². The largest absolute Gasteiger partial charge is 0.453 e. The third-order valence-corrected chi connectivity index (χ3v) is 4.24. The van der Waals surface area contributed by atoms with Gasteiger partial charge in [-0.3, -0.25) is 14.5 Å². The fraction of sp³-hybridized carbons (Fsp3) is 0.438. The Bertz CT molecular complexity index is 601. The molecule has 2 aliphatic rings. The summed E-state index contributed by atoms with van der Waals surface area (Å²) >= 11 is 0. The number of likely N-dealkylation sites (tertiary alicyclic amines) is 1. The molecule has 2 fully saturated rings. The van der Waals surface area contributed by atoms with E-state index in [-0.39, 0.29) is 30.6 Å². The number of ether oxygens (including phenoxy) is 1. The van der Waals surface area contributed by atoms with Crippen LogP contribution in [0.15, 0.2) is 30.3 Å². The number of rotatable bonds is 2. The van der Waals surface area contributed by atoms with Crippen LogP contribution in [-0.4, -0.2) is 53.3 Å². The first-order valence-corrected chi connectivity index (χ1v) is 7.31. The Hall–Kier alpha value is -2.37. The minimum atomic E-state index is -0.726. The van der Waals surface area contributed by atoms with Crippen molar-refractivity contribution in [3.63, 3.8) is 0 Å². The van der Waals surface area contributed by atoms with Crippen LogP contribution in [-0.2, 0) is 20.9 Å². The number of carbonyl (C=O) groups excluding carboxylic acids is 3.